The van der Waals surface area contributed by atoms with E-state index >= 15 is 0 Å². The number of carbonyl (C=O) groups excluding carboxylic acids is 2. The number of methoxy groups -OCH3 is 1. The number of hydrogen-bond donors (Lipinski definition) is 2. The molecule has 1 aromatic carbocycles. The van der Waals surface area contributed by atoms with Crippen LogP contribution in [0.1, 0.15) is 25.3 Å². The van der Waals surface area contributed by atoms with Crippen molar-refractivity contribution in [1.82, 2.24) is 0 Å². The second-order valence-corrected chi connectivity index (χ2v) is 6.27. The third-order valence-electron chi connectivity index (χ3n) is 3.82. The molecule has 0 aliphatic rings. The summed E-state index contributed by atoms with van der Waals surface area (Å²) >= 11 is 0. The molecule has 0 fully saturated rings. The van der Waals surface area contributed by atoms with Gasteiger partial charge in [-0.05, 0) is 30.2 Å². The highest BCUT2D eigenvalue weighted by molar-refractivity contribution is 5.79. The smallest absolute Gasteiger partial charge is 0.311 e. The molecule has 0 heterocycles. The summed E-state index contributed by atoms with van der Waals surface area (Å²) in [4.78, 5) is 23.7. The van der Waals surface area contributed by atoms with Crippen LogP contribution < -0.4 is 4.74 Å². The van der Waals surface area contributed by atoms with Gasteiger partial charge < -0.3 is 29.2 Å². The van der Waals surface area contributed by atoms with E-state index in [0.717, 1.165) is 5.57 Å². The second kappa shape index (κ2) is 15.8. The lowest BCUT2D eigenvalue weighted by molar-refractivity contribution is -0.148. The molecular formula is C23H30O8. The summed E-state index contributed by atoms with van der Waals surface area (Å²) in [5.41, 5.74) is 1.48. The highest BCUT2D eigenvalue weighted by atomic mass is 16.6. The fourth-order valence-electron chi connectivity index (χ4n) is 2.31. The Labute approximate surface area is 182 Å². The zero-order chi connectivity index (χ0) is 22.9. The van der Waals surface area contributed by atoms with Gasteiger partial charge >= 0.3 is 11.9 Å². The minimum absolute atomic E-state index is 0.0624. The molecule has 0 bridgehead atoms. The number of phenols is 1. The second-order valence-electron chi connectivity index (χ2n) is 6.27. The number of allylic oxidation sites excluding steroid dienone is 4. The summed E-state index contributed by atoms with van der Waals surface area (Å²) in [6, 6.07) is 4.42. The number of hydrogen-bond acceptors (Lipinski definition) is 8. The highest BCUT2D eigenvalue weighted by Gasteiger charge is 2.11. The van der Waals surface area contributed by atoms with E-state index in [1.165, 1.54) is 12.1 Å². The van der Waals surface area contributed by atoms with Crippen molar-refractivity contribution in [2.75, 3.05) is 40.1 Å². The Bertz CT molecular complexity index is 780. The minimum atomic E-state index is -0.617. The van der Waals surface area contributed by atoms with E-state index in [4.69, 9.17) is 24.1 Å². The Balaban J connectivity index is 2.50. The van der Waals surface area contributed by atoms with Crippen LogP contribution in [0.15, 0.2) is 48.1 Å². The Kier molecular flexibility index (Phi) is 13.3. The van der Waals surface area contributed by atoms with Crippen LogP contribution in [0.5, 0.6) is 11.5 Å². The fourth-order valence-corrected chi connectivity index (χ4v) is 2.31. The van der Waals surface area contributed by atoms with Gasteiger partial charge in [0.25, 0.3) is 0 Å². The van der Waals surface area contributed by atoms with Crippen LogP contribution in [0, 0.1) is 0 Å². The van der Waals surface area contributed by atoms with Crippen molar-refractivity contribution in [3.05, 3.63) is 53.6 Å². The molecule has 0 saturated heterocycles. The number of aliphatic hydroxyl groups excluding tert-OH is 1. The van der Waals surface area contributed by atoms with Gasteiger partial charge in [-0.2, -0.15) is 0 Å². The average molecular weight is 434 g/mol. The SMILES string of the molecule is C/C=C(\C=C/CO)/C=C/c1cc(O)cc(OC(=O)CCC(=O)OCCOCCOC)c1. The van der Waals surface area contributed by atoms with E-state index < -0.39 is 11.9 Å². The zero-order valence-corrected chi connectivity index (χ0v) is 17.9. The summed E-state index contributed by atoms with van der Waals surface area (Å²) in [7, 11) is 1.56. The van der Waals surface area contributed by atoms with Crippen LogP contribution in [0.4, 0.5) is 0 Å². The first-order chi connectivity index (χ1) is 15.0. The number of carbonyl (C=O) groups is 2. The van der Waals surface area contributed by atoms with E-state index in [1.54, 1.807) is 37.5 Å². The molecule has 0 atom stereocenters. The number of esters is 2. The van der Waals surface area contributed by atoms with E-state index in [2.05, 4.69) is 0 Å². The van der Waals surface area contributed by atoms with Gasteiger partial charge in [0.2, 0.25) is 0 Å². The quantitative estimate of drug-likeness (QED) is 0.199. The van der Waals surface area contributed by atoms with Gasteiger partial charge in [0, 0.05) is 13.2 Å². The van der Waals surface area contributed by atoms with Crippen molar-refractivity contribution in [3.8, 4) is 11.5 Å². The first-order valence-corrected chi connectivity index (χ1v) is 9.87. The molecule has 0 radical (unpaired) electrons. The third kappa shape index (κ3) is 12.4. The molecule has 8 heteroatoms. The number of aliphatic hydroxyl groups is 1. The van der Waals surface area contributed by atoms with Gasteiger partial charge in [0.05, 0.1) is 39.3 Å². The number of phenolic OH excluding ortho intramolecular Hbond substituents is 1. The van der Waals surface area contributed by atoms with E-state index in [0.29, 0.717) is 18.8 Å². The number of aromatic hydroxyl groups is 1. The molecule has 0 aromatic heterocycles. The predicted molar refractivity (Wildman–Crippen MR) is 116 cm³/mol. The lowest BCUT2D eigenvalue weighted by Gasteiger charge is -2.07. The van der Waals surface area contributed by atoms with Gasteiger partial charge in [0.1, 0.15) is 18.1 Å². The van der Waals surface area contributed by atoms with Gasteiger partial charge in [-0.25, -0.2) is 0 Å². The number of benzene rings is 1. The molecule has 0 aliphatic heterocycles. The monoisotopic (exact) mass is 434 g/mol. The molecule has 31 heavy (non-hydrogen) atoms. The summed E-state index contributed by atoms with van der Waals surface area (Å²) in [5.74, 6) is -1.04. The van der Waals surface area contributed by atoms with Crippen molar-refractivity contribution >= 4 is 18.0 Å². The first-order valence-electron chi connectivity index (χ1n) is 9.87. The Morgan fingerprint density at radius 3 is 2.45 bits per heavy atom. The zero-order valence-electron chi connectivity index (χ0n) is 17.9. The maximum Gasteiger partial charge on any atom is 0.311 e. The fraction of sp³-hybridized carbons (Fsp3) is 0.391. The molecule has 1 rings (SSSR count). The number of ether oxygens (including phenoxy) is 4. The van der Waals surface area contributed by atoms with Crippen molar-refractivity contribution in [2.45, 2.75) is 19.8 Å². The molecule has 0 aliphatic carbocycles. The Morgan fingerprint density at radius 2 is 1.74 bits per heavy atom. The third-order valence-corrected chi connectivity index (χ3v) is 3.82. The summed E-state index contributed by atoms with van der Waals surface area (Å²) in [6.45, 7) is 3.02. The summed E-state index contributed by atoms with van der Waals surface area (Å²) in [5, 5.41) is 18.7. The molecule has 8 nitrogen and oxygen atoms in total. The molecule has 0 amide bonds. The van der Waals surface area contributed by atoms with Crippen molar-refractivity contribution in [2.24, 2.45) is 0 Å². The molecule has 0 spiro atoms. The van der Waals surface area contributed by atoms with Gasteiger partial charge in [-0.3, -0.25) is 9.59 Å². The molecule has 170 valence electrons. The van der Waals surface area contributed by atoms with Gasteiger partial charge in [0.15, 0.2) is 0 Å². The molecule has 2 N–H and O–H groups in total. The standard InChI is InChI=1S/C23H30O8/c1-3-18(5-4-10-24)6-7-19-15-20(25)17-21(16-19)31-23(27)9-8-22(26)30-14-13-29-12-11-28-2/h3-7,15-17,24-25H,8-14H2,1-2H3/b5-4-,7-6+,18-3+. The predicted octanol–water partition coefficient (Wildman–Crippen LogP) is 2.79. The van der Waals surface area contributed by atoms with Crippen LogP contribution >= 0.6 is 0 Å². The molecular weight excluding hydrogens is 404 g/mol. The maximum absolute atomic E-state index is 12.0. The lowest BCUT2D eigenvalue weighted by Crippen LogP contribution is -2.15. The van der Waals surface area contributed by atoms with Crippen LogP contribution in [0.2, 0.25) is 0 Å². The van der Waals surface area contributed by atoms with Crippen LogP contribution in [0.3, 0.4) is 0 Å². The van der Waals surface area contributed by atoms with E-state index in [-0.39, 0.29) is 44.2 Å². The van der Waals surface area contributed by atoms with Crippen LogP contribution in [-0.4, -0.2) is 62.3 Å². The number of rotatable bonds is 14. The molecule has 1 aromatic rings. The Morgan fingerprint density at radius 1 is 1.00 bits per heavy atom. The van der Waals surface area contributed by atoms with Crippen molar-refractivity contribution in [1.29, 1.82) is 0 Å². The van der Waals surface area contributed by atoms with Crippen molar-refractivity contribution < 1.29 is 38.7 Å². The van der Waals surface area contributed by atoms with Gasteiger partial charge in [-0.15, -0.1) is 0 Å². The van der Waals surface area contributed by atoms with Crippen LogP contribution in [0.25, 0.3) is 6.08 Å². The average Bonchev–Trinajstić information content (AvgIpc) is 2.74. The lowest BCUT2D eigenvalue weighted by atomic mass is 10.1. The van der Waals surface area contributed by atoms with E-state index in [9.17, 15) is 14.7 Å². The van der Waals surface area contributed by atoms with Crippen molar-refractivity contribution in [3.63, 3.8) is 0 Å². The maximum atomic E-state index is 12.0. The molecule has 0 saturated carbocycles. The van der Waals surface area contributed by atoms with E-state index in [1.807, 2.05) is 13.0 Å². The topological polar surface area (TPSA) is 112 Å². The molecule has 0 unspecified atom stereocenters. The Hall–Kier alpha value is -2.94. The van der Waals surface area contributed by atoms with Crippen LogP contribution in [-0.2, 0) is 23.8 Å². The first kappa shape index (κ1) is 26.1. The summed E-state index contributed by atoms with van der Waals surface area (Å²) in [6.07, 6.45) is 8.47. The largest absolute Gasteiger partial charge is 0.508 e. The van der Waals surface area contributed by atoms with Gasteiger partial charge in [-0.1, -0.05) is 30.4 Å². The summed E-state index contributed by atoms with van der Waals surface area (Å²) < 4.78 is 20.2. The highest BCUT2D eigenvalue weighted by Crippen LogP contribution is 2.23. The minimum Gasteiger partial charge on any atom is -0.508 e. The normalized spacial score (nSPS) is 11.9.